The van der Waals surface area contributed by atoms with Crippen molar-refractivity contribution < 1.29 is 18.8 Å². The Balaban J connectivity index is 1.34. The molecule has 0 radical (unpaired) electrons. The van der Waals surface area contributed by atoms with Crippen LogP contribution in [0.2, 0.25) is 5.02 Å². The number of anilines is 1. The molecule has 5 rings (SSSR count). The predicted molar refractivity (Wildman–Crippen MR) is 133 cm³/mol. The molecule has 1 aromatic heterocycles. The summed E-state index contributed by atoms with van der Waals surface area (Å²) in [7, 11) is 0. The van der Waals surface area contributed by atoms with E-state index in [0.717, 1.165) is 10.5 Å². The Hall–Kier alpha value is -4.67. The van der Waals surface area contributed by atoms with Gasteiger partial charge in [-0.2, -0.15) is 5.26 Å². The average molecular weight is 496 g/mol. The topological polar surface area (TPSA) is 103 Å². The van der Waals surface area contributed by atoms with E-state index in [1.54, 1.807) is 30.3 Å². The highest BCUT2D eigenvalue weighted by Gasteiger charge is 2.36. The van der Waals surface area contributed by atoms with Crippen LogP contribution in [0.4, 0.5) is 5.69 Å². The molecular weight excluding hydrogens is 478 g/mol. The van der Waals surface area contributed by atoms with E-state index in [9.17, 15) is 19.6 Å². The summed E-state index contributed by atoms with van der Waals surface area (Å²) < 4.78 is 5.25. The van der Waals surface area contributed by atoms with Crippen LogP contribution in [0, 0.1) is 11.3 Å². The monoisotopic (exact) mass is 495 g/mol. The van der Waals surface area contributed by atoms with E-state index >= 15 is 0 Å². The van der Waals surface area contributed by atoms with Gasteiger partial charge in [-0.15, -0.1) is 0 Å². The zero-order chi connectivity index (χ0) is 25.2. The van der Waals surface area contributed by atoms with Crippen LogP contribution in [-0.4, -0.2) is 22.6 Å². The highest BCUT2D eigenvalue weighted by Crippen LogP contribution is 2.32. The number of carbonyl (C=O) groups is 3. The standard InChI is InChI=1S/C28H18ClN3O4/c29-25-14-19(9-11-21(25)24(15-30)17-5-2-1-3-6-17)31-26(33)18-8-10-22-23(13-18)28(35)32(27(22)34)16-20-7-4-12-36-20/h1-14,24H,16H2,(H,31,33). The summed E-state index contributed by atoms with van der Waals surface area (Å²) in [5.41, 5.74) is 2.49. The van der Waals surface area contributed by atoms with E-state index in [1.807, 2.05) is 30.3 Å². The van der Waals surface area contributed by atoms with Gasteiger partial charge in [-0.25, -0.2) is 0 Å². The molecule has 1 aliphatic rings. The van der Waals surface area contributed by atoms with Gasteiger partial charge < -0.3 is 9.73 Å². The molecular formula is C28H18ClN3O4. The number of furan rings is 1. The second-order valence-electron chi connectivity index (χ2n) is 8.20. The van der Waals surface area contributed by atoms with Crippen molar-refractivity contribution in [2.75, 3.05) is 5.32 Å². The highest BCUT2D eigenvalue weighted by molar-refractivity contribution is 6.32. The summed E-state index contributed by atoms with van der Waals surface area (Å²) in [6.45, 7) is 0.0123. The lowest BCUT2D eigenvalue weighted by Crippen LogP contribution is -2.28. The first-order valence-corrected chi connectivity index (χ1v) is 11.4. The molecule has 4 aromatic rings. The molecule has 36 heavy (non-hydrogen) atoms. The number of nitrogens with zero attached hydrogens (tertiary/aromatic N) is 2. The van der Waals surface area contributed by atoms with Crippen LogP contribution in [0.5, 0.6) is 0 Å². The largest absolute Gasteiger partial charge is 0.467 e. The van der Waals surface area contributed by atoms with Gasteiger partial charge in [0.15, 0.2) is 0 Å². The van der Waals surface area contributed by atoms with Crippen molar-refractivity contribution in [1.29, 1.82) is 5.26 Å². The van der Waals surface area contributed by atoms with Gasteiger partial charge >= 0.3 is 0 Å². The van der Waals surface area contributed by atoms with Gasteiger partial charge in [-0.05, 0) is 53.6 Å². The van der Waals surface area contributed by atoms with Crippen LogP contribution in [0.3, 0.4) is 0 Å². The van der Waals surface area contributed by atoms with Crippen LogP contribution in [0.25, 0.3) is 0 Å². The number of amides is 3. The molecule has 7 nitrogen and oxygen atoms in total. The molecule has 176 valence electrons. The van der Waals surface area contributed by atoms with Crippen LogP contribution in [0.1, 0.15) is 53.9 Å². The van der Waals surface area contributed by atoms with E-state index in [-0.39, 0.29) is 23.2 Å². The molecule has 8 heteroatoms. The molecule has 2 heterocycles. The third-order valence-corrected chi connectivity index (χ3v) is 6.29. The van der Waals surface area contributed by atoms with Crippen molar-refractivity contribution in [2.45, 2.75) is 12.5 Å². The Morgan fingerprint density at radius 1 is 0.972 bits per heavy atom. The molecule has 3 amide bonds. The SMILES string of the molecule is N#CC(c1ccccc1)c1ccc(NC(=O)c2ccc3c(c2)C(=O)N(Cc2ccco2)C3=O)cc1Cl. The smallest absolute Gasteiger partial charge is 0.261 e. The zero-order valence-electron chi connectivity index (χ0n) is 18.8. The summed E-state index contributed by atoms with van der Waals surface area (Å²) in [6, 6.07) is 24.2. The molecule has 1 atom stereocenters. The average Bonchev–Trinajstić information content (AvgIpc) is 3.49. The first kappa shape index (κ1) is 23.1. The lowest BCUT2D eigenvalue weighted by atomic mass is 9.92. The normalized spacial score (nSPS) is 13.3. The van der Waals surface area contributed by atoms with Crippen molar-refractivity contribution in [2.24, 2.45) is 0 Å². The Labute approximate surface area is 211 Å². The van der Waals surface area contributed by atoms with Gasteiger partial charge in [0.2, 0.25) is 0 Å². The minimum absolute atomic E-state index is 0.0123. The quantitative estimate of drug-likeness (QED) is 0.349. The van der Waals surface area contributed by atoms with E-state index < -0.39 is 23.6 Å². The molecule has 1 unspecified atom stereocenters. The van der Waals surface area contributed by atoms with Crippen molar-refractivity contribution in [3.63, 3.8) is 0 Å². The van der Waals surface area contributed by atoms with Gasteiger partial charge in [0, 0.05) is 16.3 Å². The van der Waals surface area contributed by atoms with Crippen LogP contribution in [-0.2, 0) is 6.54 Å². The molecule has 3 aromatic carbocycles. The maximum atomic E-state index is 12.9. The predicted octanol–water partition coefficient (Wildman–Crippen LogP) is 5.64. The fraction of sp³-hybridized carbons (Fsp3) is 0.0714. The molecule has 0 bridgehead atoms. The number of nitrogens with one attached hydrogen (secondary N) is 1. The molecule has 0 fully saturated rings. The summed E-state index contributed by atoms with van der Waals surface area (Å²) >= 11 is 6.47. The number of benzene rings is 3. The van der Waals surface area contributed by atoms with E-state index in [2.05, 4.69) is 11.4 Å². The minimum Gasteiger partial charge on any atom is -0.467 e. The minimum atomic E-state index is -0.548. The van der Waals surface area contributed by atoms with E-state index in [0.29, 0.717) is 22.0 Å². The van der Waals surface area contributed by atoms with Crippen molar-refractivity contribution in [1.82, 2.24) is 4.90 Å². The van der Waals surface area contributed by atoms with Crippen molar-refractivity contribution in [3.05, 3.63) is 124 Å². The second-order valence-corrected chi connectivity index (χ2v) is 8.61. The van der Waals surface area contributed by atoms with Gasteiger partial charge in [-0.1, -0.05) is 48.0 Å². The van der Waals surface area contributed by atoms with Crippen molar-refractivity contribution in [3.8, 4) is 6.07 Å². The molecule has 1 N–H and O–H groups in total. The molecule has 1 aliphatic heterocycles. The summed E-state index contributed by atoms with van der Waals surface area (Å²) in [5.74, 6) is -1.46. The number of rotatable bonds is 6. The summed E-state index contributed by atoms with van der Waals surface area (Å²) in [5, 5.41) is 12.8. The van der Waals surface area contributed by atoms with E-state index in [1.165, 1.54) is 24.5 Å². The fourth-order valence-corrected chi connectivity index (χ4v) is 4.43. The maximum absolute atomic E-state index is 12.9. The van der Waals surface area contributed by atoms with Crippen LogP contribution < -0.4 is 5.32 Å². The lowest BCUT2D eigenvalue weighted by molar-refractivity contribution is 0.0631. The number of imide groups is 1. The Bertz CT molecular complexity index is 1520. The number of nitriles is 1. The van der Waals surface area contributed by atoms with Crippen LogP contribution >= 0.6 is 11.6 Å². The number of hydrogen-bond acceptors (Lipinski definition) is 5. The number of halogens is 1. The third kappa shape index (κ3) is 4.26. The number of fused-ring (bicyclic) bond motifs is 1. The molecule has 0 saturated heterocycles. The fourth-order valence-electron chi connectivity index (χ4n) is 4.15. The Morgan fingerprint density at radius 3 is 2.44 bits per heavy atom. The van der Waals surface area contributed by atoms with Gasteiger partial charge in [0.25, 0.3) is 17.7 Å². The van der Waals surface area contributed by atoms with Gasteiger partial charge in [-0.3, -0.25) is 19.3 Å². The number of hydrogen-bond donors (Lipinski definition) is 1. The molecule has 0 saturated carbocycles. The van der Waals surface area contributed by atoms with E-state index in [4.69, 9.17) is 16.0 Å². The lowest BCUT2D eigenvalue weighted by Gasteiger charge is -2.13. The Morgan fingerprint density at radius 2 is 1.75 bits per heavy atom. The first-order valence-electron chi connectivity index (χ1n) is 11.0. The summed E-state index contributed by atoms with van der Waals surface area (Å²) in [6.07, 6.45) is 1.47. The zero-order valence-corrected chi connectivity index (χ0v) is 19.5. The number of carbonyl (C=O) groups excluding carboxylic acids is 3. The molecule has 0 spiro atoms. The van der Waals surface area contributed by atoms with Gasteiger partial charge in [0.1, 0.15) is 5.76 Å². The van der Waals surface area contributed by atoms with Crippen LogP contribution in [0.15, 0.2) is 89.5 Å². The second kappa shape index (κ2) is 9.53. The summed E-state index contributed by atoms with van der Waals surface area (Å²) in [4.78, 5) is 39.5. The highest BCUT2D eigenvalue weighted by atomic mass is 35.5. The van der Waals surface area contributed by atoms with Crippen molar-refractivity contribution >= 4 is 35.0 Å². The Kier molecular flexibility index (Phi) is 6.11. The third-order valence-electron chi connectivity index (χ3n) is 5.96. The maximum Gasteiger partial charge on any atom is 0.261 e. The van der Waals surface area contributed by atoms with Gasteiger partial charge in [0.05, 0.1) is 35.9 Å². The first-order chi connectivity index (χ1) is 17.5. The molecule has 0 aliphatic carbocycles.